The van der Waals surface area contributed by atoms with Crippen LogP contribution in [0.2, 0.25) is 0 Å². The number of hydrogen-bond acceptors (Lipinski definition) is 3. The van der Waals surface area contributed by atoms with Crippen LogP contribution in [0.3, 0.4) is 0 Å². The van der Waals surface area contributed by atoms with Crippen LogP contribution in [0.15, 0.2) is 59.8 Å². The Balaban J connectivity index is 1.89. The quantitative estimate of drug-likeness (QED) is 0.521. The summed E-state index contributed by atoms with van der Waals surface area (Å²) in [6, 6.07) is 14.8. The number of anilines is 1. The maximum absolute atomic E-state index is 13.2. The second kappa shape index (κ2) is 6.30. The number of para-hydroxylation sites is 1. The van der Waals surface area contributed by atoms with Crippen LogP contribution in [0.1, 0.15) is 5.56 Å². The van der Waals surface area contributed by atoms with E-state index < -0.39 is 11.9 Å². The summed E-state index contributed by atoms with van der Waals surface area (Å²) < 4.78 is 13.2. The van der Waals surface area contributed by atoms with Gasteiger partial charge in [0.05, 0.1) is 6.21 Å². The Labute approximate surface area is 109 Å². The molecule has 0 atom stereocenters. The zero-order valence-corrected chi connectivity index (χ0v) is 9.92. The van der Waals surface area contributed by atoms with Gasteiger partial charge in [-0.25, -0.2) is 9.18 Å². The summed E-state index contributed by atoms with van der Waals surface area (Å²) in [4.78, 5) is 15.9. The van der Waals surface area contributed by atoms with Crippen molar-refractivity contribution in [3.05, 3.63) is 66.0 Å². The van der Waals surface area contributed by atoms with Gasteiger partial charge in [-0.05, 0) is 18.2 Å². The summed E-state index contributed by atoms with van der Waals surface area (Å²) in [5.41, 5.74) is 0.837. The largest absolute Gasteiger partial charge is 0.437 e. The fourth-order valence-corrected chi connectivity index (χ4v) is 1.37. The molecule has 19 heavy (non-hydrogen) atoms. The molecule has 0 aromatic heterocycles. The molecule has 0 spiro atoms. The number of benzene rings is 2. The minimum atomic E-state index is -0.737. The average molecular weight is 258 g/mol. The number of carbonyl (C=O) groups excluding carboxylic acids is 1. The first-order chi connectivity index (χ1) is 9.25. The molecular weight excluding hydrogens is 247 g/mol. The van der Waals surface area contributed by atoms with Crippen molar-refractivity contribution in [1.29, 1.82) is 0 Å². The number of halogens is 1. The molecule has 4 nitrogen and oxygen atoms in total. The SMILES string of the molecule is O=C(Nc1ccccc1)O/N=C\c1ccccc1F. The van der Waals surface area contributed by atoms with E-state index in [1.54, 1.807) is 36.4 Å². The Morgan fingerprint density at radius 3 is 2.53 bits per heavy atom. The lowest BCUT2D eigenvalue weighted by atomic mass is 10.2. The maximum atomic E-state index is 13.2. The third-order valence-corrected chi connectivity index (χ3v) is 2.25. The molecule has 0 aliphatic rings. The molecule has 0 heterocycles. The Morgan fingerprint density at radius 2 is 1.79 bits per heavy atom. The van der Waals surface area contributed by atoms with Gasteiger partial charge in [0.2, 0.25) is 0 Å². The van der Waals surface area contributed by atoms with Crippen molar-refractivity contribution < 1.29 is 14.0 Å². The normalized spacial score (nSPS) is 10.4. The third kappa shape index (κ3) is 3.92. The van der Waals surface area contributed by atoms with Gasteiger partial charge < -0.3 is 0 Å². The van der Waals surface area contributed by atoms with E-state index in [-0.39, 0.29) is 5.56 Å². The van der Waals surface area contributed by atoms with Crippen LogP contribution in [0.5, 0.6) is 0 Å². The molecule has 96 valence electrons. The Hall–Kier alpha value is -2.69. The first kappa shape index (κ1) is 12.8. The lowest BCUT2D eigenvalue weighted by Crippen LogP contribution is -2.10. The molecule has 0 saturated carbocycles. The minimum absolute atomic E-state index is 0.245. The number of rotatable bonds is 3. The summed E-state index contributed by atoms with van der Waals surface area (Å²) >= 11 is 0. The van der Waals surface area contributed by atoms with E-state index in [9.17, 15) is 9.18 Å². The highest BCUT2D eigenvalue weighted by Crippen LogP contribution is 2.06. The van der Waals surface area contributed by atoms with Crippen LogP contribution in [0, 0.1) is 5.82 Å². The van der Waals surface area contributed by atoms with Crippen molar-refractivity contribution in [3.63, 3.8) is 0 Å². The van der Waals surface area contributed by atoms with Crippen molar-refractivity contribution in [2.75, 3.05) is 5.32 Å². The monoisotopic (exact) mass is 258 g/mol. The van der Waals surface area contributed by atoms with E-state index in [1.165, 1.54) is 12.1 Å². The maximum Gasteiger partial charge on any atom is 0.437 e. The molecule has 0 radical (unpaired) electrons. The number of carbonyl (C=O) groups is 1. The molecule has 0 aliphatic heterocycles. The first-order valence-corrected chi connectivity index (χ1v) is 5.56. The molecule has 1 N–H and O–H groups in total. The van der Waals surface area contributed by atoms with Gasteiger partial charge in [0, 0.05) is 11.3 Å². The van der Waals surface area contributed by atoms with Crippen LogP contribution in [0.25, 0.3) is 0 Å². The van der Waals surface area contributed by atoms with Crippen molar-refractivity contribution >= 4 is 18.0 Å². The minimum Gasteiger partial charge on any atom is -0.298 e. The number of amides is 1. The Morgan fingerprint density at radius 1 is 1.11 bits per heavy atom. The second-order valence-electron chi connectivity index (χ2n) is 3.63. The highest BCUT2D eigenvalue weighted by atomic mass is 19.1. The molecule has 2 rings (SSSR count). The molecule has 0 bridgehead atoms. The molecule has 0 aliphatic carbocycles. The van der Waals surface area contributed by atoms with E-state index in [0.717, 1.165) is 6.21 Å². The lowest BCUT2D eigenvalue weighted by molar-refractivity contribution is 0.167. The number of nitrogens with one attached hydrogen (secondary N) is 1. The van der Waals surface area contributed by atoms with Crippen molar-refractivity contribution in [2.24, 2.45) is 5.16 Å². The van der Waals surface area contributed by atoms with Gasteiger partial charge in [-0.1, -0.05) is 41.6 Å². The molecule has 1 amide bonds. The smallest absolute Gasteiger partial charge is 0.298 e. The highest BCUT2D eigenvalue weighted by Gasteiger charge is 2.02. The molecular formula is C14H11FN2O2. The molecule has 2 aromatic carbocycles. The van der Waals surface area contributed by atoms with E-state index in [1.807, 2.05) is 6.07 Å². The number of oxime groups is 1. The van der Waals surface area contributed by atoms with Gasteiger partial charge in [-0.15, -0.1) is 0 Å². The Bertz CT molecular complexity index is 585. The van der Waals surface area contributed by atoms with Crippen molar-refractivity contribution in [2.45, 2.75) is 0 Å². The lowest BCUT2D eigenvalue weighted by Gasteiger charge is -2.01. The second-order valence-corrected chi connectivity index (χ2v) is 3.63. The van der Waals surface area contributed by atoms with Crippen LogP contribution in [0.4, 0.5) is 14.9 Å². The molecule has 2 aromatic rings. The highest BCUT2D eigenvalue weighted by molar-refractivity contribution is 5.85. The fraction of sp³-hybridized carbons (Fsp3) is 0. The standard InChI is InChI=1S/C14H11FN2O2/c15-13-9-5-4-6-11(13)10-16-19-14(18)17-12-7-2-1-3-8-12/h1-10H,(H,17,18)/b16-10-. The zero-order valence-electron chi connectivity index (χ0n) is 9.92. The Kier molecular flexibility index (Phi) is 4.23. The summed E-state index contributed by atoms with van der Waals surface area (Å²) in [5.74, 6) is -0.432. The summed E-state index contributed by atoms with van der Waals surface area (Å²) in [7, 11) is 0. The van der Waals surface area contributed by atoms with Crippen molar-refractivity contribution in [1.82, 2.24) is 0 Å². The molecule has 0 unspecified atom stereocenters. The van der Waals surface area contributed by atoms with E-state index in [0.29, 0.717) is 5.69 Å². The van der Waals surface area contributed by atoms with Crippen LogP contribution < -0.4 is 5.32 Å². The number of nitrogens with zero attached hydrogens (tertiary/aromatic N) is 1. The topological polar surface area (TPSA) is 50.7 Å². The molecule has 0 fully saturated rings. The van der Waals surface area contributed by atoms with E-state index >= 15 is 0 Å². The first-order valence-electron chi connectivity index (χ1n) is 5.56. The van der Waals surface area contributed by atoms with Crippen LogP contribution in [-0.4, -0.2) is 12.3 Å². The predicted octanol–water partition coefficient (Wildman–Crippen LogP) is 3.41. The fourth-order valence-electron chi connectivity index (χ4n) is 1.37. The van der Waals surface area contributed by atoms with E-state index in [4.69, 9.17) is 0 Å². The predicted molar refractivity (Wildman–Crippen MR) is 70.5 cm³/mol. The summed E-state index contributed by atoms with van der Waals surface area (Å²) in [5, 5.41) is 5.90. The zero-order chi connectivity index (χ0) is 13.5. The average Bonchev–Trinajstić information content (AvgIpc) is 2.42. The van der Waals surface area contributed by atoms with Crippen LogP contribution in [-0.2, 0) is 4.84 Å². The molecule has 5 heteroatoms. The third-order valence-electron chi connectivity index (χ3n) is 2.25. The van der Waals surface area contributed by atoms with Gasteiger partial charge in [-0.2, -0.15) is 0 Å². The van der Waals surface area contributed by atoms with Gasteiger partial charge in [0.15, 0.2) is 0 Å². The van der Waals surface area contributed by atoms with Crippen LogP contribution >= 0.6 is 0 Å². The van der Waals surface area contributed by atoms with Gasteiger partial charge in [0.25, 0.3) is 0 Å². The van der Waals surface area contributed by atoms with E-state index in [2.05, 4.69) is 15.3 Å². The number of hydrogen-bond donors (Lipinski definition) is 1. The van der Waals surface area contributed by atoms with Gasteiger partial charge in [0.1, 0.15) is 5.82 Å². The molecule has 0 saturated heterocycles. The van der Waals surface area contributed by atoms with Gasteiger partial charge >= 0.3 is 6.09 Å². The summed E-state index contributed by atoms with van der Waals surface area (Å²) in [6.07, 6.45) is 0.402. The summed E-state index contributed by atoms with van der Waals surface area (Å²) in [6.45, 7) is 0. The van der Waals surface area contributed by atoms with Crippen molar-refractivity contribution in [3.8, 4) is 0 Å². The van der Waals surface area contributed by atoms with Gasteiger partial charge in [-0.3, -0.25) is 10.2 Å².